The van der Waals surface area contributed by atoms with Crippen LogP contribution in [0.15, 0.2) is 76.7 Å². The van der Waals surface area contributed by atoms with Crippen molar-refractivity contribution in [3.8, 4) is 5.75 Å². The minimum Gasteiger partial charge on any atom is -0.508 e. The van der Waals surface area contributed by atoms with Gasteiger partial charge in [-0.1, -0.05) is 25.1 Å². The van der Waals surface area contributed by atoms with Gasteiger partial charge >= 0.3 is 0 Å². The zero-order valence-electron chi connectivity index (χ0n) is 17.9. The van der Waals surface area contributed by atoms with E-state index in [1.54, 1.807) is 30.1 Å². The molecule has 0 saturated carbocycles. The van der Waals surface area contributed by atoms with Gasteiger partial charge in [-0.25, -0.2) is 9.97 Å². The number of aromatic nitrogens is 2. The third-order valence-corrected chi connectivity index (χ3v) is 5.89. The fourth-order valence-electron chi connectivity index (χ4n) is 3.36. The minimum absolute atomic E-state index is 0.101. The highest BCUT2D eigenvalue weighted by Crippen LogP contribution is 2.38. The molecule has 162 valence electrons. The normalized spacial score (nSPS) is 10.8. The standard InChI is InChI=1S/C25H24N4O2S/c1-3-4-17-7-11-21-22(13-14-26-25(21)28-17)29-23-15-19(31)8-12-24(23)32-20-9-5-18(6-10-20)27-16(2)30/h5-15,31H,3-4H2,1-2H3,(H,27,30)(H,26,28,29). The van der Waals surface area contributed by atoms with E-state index in [-0.39, 0.29) is 11.7 Å². The smallest absolute Gasteiger partial charge is 0.221 e. The predicted octanol–water partition coefficient (Wildman–Crippen LogP) is 6.14. The molecule has 2 heterocycles. The number of hydrogen-bond donors (Lipinski definition) is 3. The zero-order valence-corrected chi connectivity index (χ0v) is 18.7. The molecular formula is C25H24N4O2S. The third kappa shape index (κ3) is 5.18. The number of phenols is 1. The maximum Gasteiger partial charge on any atom is 0.221 e. The van der Waals surface area contributed by atoms with E-state index in [4.69, 9.17) is 0 Å². The Hall–Kier alpha value is -3.58. The van der Waals surface area contributed by atoms with Crippen LogP contribution in [-0.2, 0) is 11.2 Å². The lowest BCUT2D eigenvalue weighted by molar-refractivity contribution is -0.114. The highest BCUT2D eigenvalue weighted by atomic mass is 32.2. The van der Waals surface area contributed by atoms with Crippen LogP contribution in [0, 0.1) is 0 Å². The van der Waals surface area contributed by atoms with E-state index in [2.05, 4.69) is 27.5 Å². The van der Waals surface area contributed by atoms with Crippen LogP contribution in [0.25, 0.3) is 11.0 Å². The Morgan fingerprint density at radius 1 is 1.03 bits per heavy atom. The molecule has 2 aromatic carbocycles. The molecule has 4 aromatic rings. The SMILES string of the molecule is CCCc1ccc2c(Nc3cc(O)ccc3Sc3ccc(NC(C)=O)cc3)ccnc2n1. The number of nitrogens with zero attached hydrogens (tertiary/aromatic N) is 2. The molecule has 0 aliphatic rings. The van der Waals surface area contributed by atoms with Gasteiger partial charge < -0.3 is 15.7 Å². The lowest BCUT2D eigenvalue weighted by Crippen LogP contribution is -2.05. The van der Waals surface area contributed by atoms with Crippen LogP contribution in [0.5, 0.6) is 5.75 Å². The molecule has 0 bridgehead atoms. The second-order valence-electron chi connectivity index (χ2n) is 7.40. The van der Waals surface area contributed by atoms with E-state index in [0.717, 1.165) is 50.8 Å². The van der Waals surface area contributed by atoms with Gasteiger partial charge in [0.25, 0.3) is 0 Å². The highest BCUT2D eigenvalue weighted by molar-refractivity contribution is 7.99. The number of anilines is 3. The number of benzene rings is 2. The summed E-state index contributed by atoms with van der Waals surface area (Å²) in [7, 11) is 0. The van der Waals surface area contributed by atoms with Gasteiger partial charge in [0.1, 0.15) is 5.75 Å². The Morgan fingerprint density at radius 3 is 2.59 bits per heavy atom. The number of carbonyl (C=O) groups excluding carboxylic acids is 1. The first-order valence-corrected chi connectivity index (χ1v) is 11.2. The summed E-state index contributed by atoms with van der Waals surface area (Å²) in [6, 6.07) is 18.9. The molecule has 0 unspecified atom stereocenters. The quantitative estimate of drug-likeness (QED) is 0.317. The average molecular weight is 445 g/mol. The first-order valence-electron chi connectivity index (χ1n) is 10.4. The van der Waals surface area contributed by atoms with Crippen LogP contribution in [-0.4, -0.2) is 21.0 Å². The number of nitrogens with one attached hydrogen (secondary N) is 2. The van der Waals surface area contributed by atoms with Crippen LogP contribution in [0.3, 0.4) is 0 Å². The first kappa shape index (κ1) is 21.6. The minimum atomic E-state index is -0.101. The number of pyridine rings is 2. The van der Waals surface area contributed by atoms with Crippen LogP contribution in [0.1, 0.15) is 26.0 Å². The molecule has 0 atom stereocenters. The Kier molecular flexibility index (Phi) is 6.56. The van der Waals surface area contributed by atoms with Crippen molar-refractivity contribution in [1.82, 2.24) is 9.97 Å². The molecular weight excluding hydrogens is 420 g/mol. The number of aryl methyl sites for hydroxylation is 1. The van der Waals surface area contributed by atoms with Crippen molar-refractivity contribution in [3.63, 3.8) is 0 Å². The van der Waals surface area contributed by atoms with Crippen LogP contribution in [0.4, 0.5) is 17.1 Å². The molecule has 6 nitrogen and oxygen atoms in total. The second kappa shape index (κ2) is 9.70. The molecule has 3 N–H and O–H groups in total. The lowest BCUT2D eigenvalue weighted by Gasteiger charge is -2.14. The van der Waals surface area contributed by atoms with Crippen molar-refractivity contribution >= 4 is 45.8 Å². The maximum atomic E-state index is 11.2. The van der Waals surface area contributed by atoms with Crippen molar-refractivity contribution < 1.29 is 9.90 Å². The summed E-state index contributed by atoms with van der Waals surface area (Å²) in [5.74, 6) is 0.0795. The van der Waals surface area contributed by atoms with Gasteiger partial charge in [0.15, 0.2) is 5.65 Å². The molecule has 0 aliphatic carbocycles. The Morgan fingerprint density at radius 2 is 1.84 bits per heavy atom. The molecule has 0 fully saturated rings. The average Bonchev–Trinajstić information content (AvgIpc) is 2.77. The molecule has 32 heavy (non-hydrogen) atoms. The number of rotatable bonds is 7. The number of aromatic hydroxyl groups is 1. The summed E-state index contributed by atoms with van der Waals surface area (Å²) in [4.78, 5) is 22.3. The van der Waals surface area contributed by atoms with Crippen molar-refractivity contribution in [2.24, 2.45) is 0 Å². The Balaban J connectivity index is 1.62. The second-order valence-corrected chi connectivity index (χ2v) is 8.51. The fourth-order valence-corrected chi connectivity index (χ4v) is 4.24. The van der Waals surface area contributed by atoms with E-state index >= 15 is 0 Å². The Bertz CT molecular complexity index is 1260. The summed E-state index contributed by atoms with van der Waals surface area (Å²) < 4.78 is 0. The summed E-state index contributed by atoms with van der Waals surface area (Å²) >= 11 is 1.57. The summed E-state index contributed by atoms with van der Waals surface area (Å²) in [5, 5.41) is 17.2. The lowest BCUT2D eigenvalue weighted by atomic mass is 10.2. The highest BCUT2D eigenvalue weighted by Gasteiger charge is 2.10. The number of hydrogen-bond acceptors (Lipinski definition) is 6. The molecule has 0 radical (unpaired) electrons. The largest absolute Gasteiger partial charge is 0.508 e. The van der Waals surface area contributed by atoms with E-state index < -0.39 is 0 Å². The topological polar surface area (TPSA) is 87.1 Å². The van der Waals surface area contributed by atoms with Gasteiger partial charge in [0.2, 0.25) is 5.91 Å². The zero-order chi connectivity index (χ0) is 22.5. The third-order valence-electron chi connectivity index (χ3n) is 4.80. The van der Waals surface area contributed by atoms with Crippen molar-refractivity contribution in [3.05, 3.63) is 72.6 Å². The van der Waals surface area contributed by atoms with Gasteiger partial charge in [-0.2, -0.15) is 0 Å². The Labute approximate surface area is 191 Å². The van der Waals surface area contributed by atoms with Gasteiger partial charge in [-0.05, 0) is 61.0 Å². The van der Waals surface area contributed by atoms with Crippen LogP contribution in [0.2, 0.25) is 0 Å². The summed E-state index contributed by atoms with van der Waals surface area (Å²) in [6.45, 7) is 3.62. The molecule has 0 aliphatic heterocycles. The van der Waals surface area contributed by atoms with Gasteiger partial charge in [-0.3, -0.25) is 4.79 Å². The molecule has 7 heteroatoms. The number of phenolic OH excluding ortho intramolecular Hbond substituents is 1. The van der Waals surface area contributed by atoms with Crippen molar-refractivity contribution in [2.45, 2.75) is 36.5 Å². The summed E-state index contributed by atoms with van der Waals surface area (Å²) in [5.41, 5.74) is 4.14. The number of fused-ring (bicyclic) bond motifs is 1. The van der Waals surface area contributed by atoms with Gasteiger partial charge in [0.05, 0.1) is 11.4 Å². The van der Waals surface area contributed by atoms with E-state index in [1.165, 1.54) is 6.92 Å². The molecule has 2 aromatic heterocycles. The summed E-state index contributed by atoms with van der Waals surface area (Å²) in [6.07, 6.45) is 3.69. The molecule has 0 saturated heterocycles. The van der Waals surface area contributed by atoms with Crippen molar-refractivity contribution in [2.75, 3.05) is 10.6 Å². The maximum absolute atomic E-state index is 11.2. The van der Waals surface area contributed by atoms with Gasteiger partial charge in [-0.15, -0.1) is 0 Å². The van der Waals surface area contributed by atoms with Crippen LogP contribution < -0.4 is 10.6 Å². The number of amides is 1. The molecule has 4 rings (SSSR count). The van der Waals surface area contributed by atoms with Gasteiger partial charge in [0, 0.05) is 45.7 Å². The van der Waals surface area contributed by atoms with E-state index in [0.29, 0.717) is 5.65 Å². The van der Waals surface area contributed by atoms with Crippen LogP contribution >= 0.6 is 11.8 Å². The number of carbonyl (C=O) groups is 1. The molecule has 1 amide bonds. The van der Waals surface area contributed by atoms with E-state index in [1.807, 2.05) is 48.5 Å². The van der Waals surface area contributed by atoms with E-state index in [9.17, 15) is 9.90 Å². The first-order chi connectivity index (χ1) is 15.5. The molecule has 0 spiro atoms. The van der Waals surface area contributed by atoms with Crippen molar-refractivity contribution in [1.29, 1.82) is 0 Å². The predicted molar refractivity (Wildman–Crippen MR) is 130 cm³/mol. The fraction of sp³-hybridized carbons (Fsp3) is 0.160. The monoisotopic (exact) mass is 444 g/mol.